The van der Waals surface area contributed by atoms with Crippen molar-refractivity contribution in [2.45, 2.75) is 58.0 Å². The van der Waals surface area contributed by atoms with E-state index in [1.54, 1.807) is 20.8 Å². The number of rotatable bonds is 0. The van der Waals surface area contributed by atoms with Gasteiger partial charge in [-0.15, -0.1) is 22.7 Å². The molecule has 2 aliphatic rings. The van der Waals surface area contributed by atoms with Gasteiger partial charge in [-0.3, -0.25) is 9.59 Å². The van der Waals surface area contributed by atoms with Crippen molar-refractivity contribution in [1.29, 1.82) is 0 Å². The van der Waals surface area contributed by atoms with Crippen LogP contribution in [0.4, 0.5) is 23.9 Å². The number of thiophene rings is 2. The Morgan fingerprint density at radius 3 is 2.41 bits per heavy atom. The van der Waals surface area contributed by atoms with Gasteiger partial charge in [-0.2, -0.15) is 13.2 Å². The number of hydrogen-bond acceptors (Lipinski definition) is 5. The first-order valence-electron chi connectivity index (χ1n) is 10.3. The second-order valence-electron chi connectivity index (χ2n) is 9.11. The third-order valence-corrected chi connectivity index (χ3v) is 8.10. The van der Waals surface area contributed by atoms with Crippen LogP contribution in [0.2, 0.25) is 0 Å². The van der Waals surface area contributed by atoms with Gasteiger partial charge >= 0.3 is 6.18 Å². The summed E-state index contributed by atoms with van der Waals surface area (Å²) in [5.41, 5.74) is -0.106. The van der Waals surface area contributed by atoms with E-state index in [0.29, 0.717) is 17.0 Å². The Bertz CT molecular complexity index is 1300. The lowest BCUT2D eigenvalue weighted by Gasteiger charge is -2.20. The number of halogens is 3. The number of pyridine rings is 1. The monoisotopic (exact) mass is 479 g/mol. The predicted molar refractivity (Wildman–Crippen MR) is 120 cm³/mol. The van der Waals surface area contributed by atoms with Crippen LogP contribution < -0.4 is 10.6 Å². The molecule has 3 aromatic heterocycles. The molecule has 0 bridgehead atoms. The smallest absolute Gasteiger partial charge is 0.320 e. The van der Waals surface area contributed by atoms with E-state index in [9.17, 15) is 22.8 Å². The molecule has 0 fully saturated rings. The van der Waals surface area contributed by atoms with Crippen molar-refractivity contribution in [2.75, 3.05) is 10.6 Å². The Labute approximate surface area is 190 Å². The van der Waals surface area contributed by atoms with Gasteiger partial charge in [0.2, 0.25) is 0 Å². The molecule has 0 unspecified atom stereocenters. The minimum Gasteiger partial charge on any atom is -0.320 e. The molecule has 3 aromatic rings. The van der Waals surface area contributed by atoms with E-state index in [2.05, 4.69) is 15.6 Å². The molecule has 5 nitrogen and oxygen atoms in total. The van der Waals surface area contributed by atoms with Crippen LogP contribution in [-0.2, 0) is 24.4 Å². The van der Waals surface area contributed by atoms with Crippen LogP contribution in [0.5, 0.6) is 0 Å². The Balaban J connectivity index is 1.75. The molecule has 1 aliphatic heterocycles. The molecule has 4 heterocycles. The maximum absolute atomic E-state index is 14.1. The van der Waals surface area contributed by atoms with E-state index in [1.165, 1.54) is 11.3 Å². The molecule has 10 heteroatoms. The first kappa shape index (κ1) is 21.4. The Kier molecular flexibility index (Phi) is 4.69. The van der Waals surface area contributed by atoms with Crippen LogP contribution in [0.15, 0.2) is 6.07 Å². The highest BCUT2D eigenvalue weighted by molar-refractivity contribution is 7.21. The molecular weight excluding hydrogens is 459 g/mol. The highest BCUT2D eigenvalue weighted by atomic mass is 32.1. The van der Waals surface area contributed by atoms with E-state index in [1.807, 2.05) is 0 Å². The highest BCUT2D eigenvalue weighted by Crippen LogP contribution is 2.47. The molecule has 32 heavy (non-hydrogen) atoms. The minimum absolute atomic E-state index is 0.0226. The molecule has 0 saturated heterocycles. The Morgan fingerprint density at radius 1 is 1.00 bits per heavy atom. The van der Waals surface area contributed by atoms with Gasteiger partial charge in [0.25, 0.3) is 11.8 Å². The Hall–Kier alpha value is -2.46. The maximum atomic E-state index is 14.1. The molecule has 1 aliphatic carbocycles. The molecule has 2 amide bonds. The summed E-state index contributed by atoms with van der Waals surface area (Å²) in [6, 6.07) is 1.02. The zero-order chi connectivity index (χ0) is 23.0. The van der Waals surface area contributed by atoms with Crippen LogP contribution in [-0.4, -0.2) is 16.8 Å². The fraction of sp³-hybridized carbons (Fsp3) is 0.409. The number of alkyl halides is 3. The van der Waals surface area contributed by atoms with E-state index in [-0.39, 0.29) is 26.5 Å². The normalized spacial score (nSPS) is 16.6. The summed E-state index contributed by atoms with van der Waals surface area (Å²) in [5.74, 6) is -1.03. The fourth-order valence-electron chi connectivity index (χ4n) is 4.22. The van der Waals surface area contributed by atoms with E-state index in [0.717, 1.165) is 47.1 Å². The summed E-state index contributed by atoms with van der Waals surface area (Å²) in [6.45, 7) is 5.34. The van der Waals surface area contributed by atoms with Gasteiger partial charge in [-0.1, -0.05) is 20.8 Å². The summed E-state index contributed by atoms with van der Waals surface area (Å²) in [5, 5.41) is 5.67. The fourth-order valence-corrected chi connectivity index (χ4v) is 6.55. The summed E-state index contributed by atoms with van der Waals surface area (Å²) >= 11 is 2.25. The molecule has 0 aromatic carbocycles. The van der Waals surface area contributed by atoms with Gasteiger partial charge in [0.1, 0.15) is 14.7 Å². The van der Waals surface area contributed by atoms with Crippen LogP contribution in [0.25, 0.3) is 10.2 Å². The summed E-state index contributed by atoms with van der Waals surface area (Å²) in [7, 11) is 0. The van der Waals surface area contributed by atoms with Crippen molar-refractivity contribution in [3.8, 4) is 0 Å². The van der Waals surface area contributed by atoms with Gasteiger partial charge in [0.15, 0.2) is 0 Å². The molecular formula is C22H20F3N3O2S2. The predicted octanol–water partition coefficient (Wildman–Crippen LogP) is 6.37. The van der Waals surface area contributed by atoms with Gasteiger partial charge in [-0.05, 0) is 37.3 Å². The second kappa shape index (κ2) is 7.02. The number of aryl methyl sites for hydroxylation is 1. The van der Waals surface area contributed by atoms with E-state index in [4.69, 9.17) is 0 Å². The van der Waals surface area contributed by atoms with Gasteiger partial charge in [-0.25, -0.2) is 4.98 Å². The molecule has 0 saturated carbocycles. The lowest BCUT2D eigenvalue weighted by molar-refractivity contribution is -0.136. The SMILES string of the molecule is CC(C)(C)c1cc(C(F)(F)F)c2c3c(sc2n1)C(=O)Nc1sc2c(c1C(=O)N3)CCCC2. The number of nitrogens with one attached hydrogen (secondary N) is 2. The van der Waals surface area contributed by atoms with Crippen molar-refractivity contribution < 1.29 is 22.8 Å². The van der Waals surface area contributed by atoms with Crippen LogP contribution in [0, 0.1) is 0 Å². The number of aromatic nitrogens is 1. The highest BCUT2D eigenvalue weighted by Gasteiger charge is 2.39. The molecule has 5 rings (SSSR count). The average Bonchev–Trinajstić information content (AvgIpc) is 3.22. The number of amides is 2. The van der Waals surface area contributed by atoms with Crippen LogP contribution >= 0.6 is 22.7 Å². The van der Waals surface area contributed by atoms with E-state index >= 15 is 0 Å². The first-order chi connectivity index (χ1) is 14.9. The number of hydrogen-bond donors (Lipinski definition) is 2. The quantitative estimate of drug-likeness (QED) is 0.394. The lowest BCUT2D eigenvalue weighted by Crippen LogP contribution is -2.23. The van der Waals surface area contributed by atoms with Crippen LogP contribution in [0.1, 0.15) is 75.3 Å². The molecule has 168 valence electrons. The average molecular weight is 480 g/mol. The minimum atomic E-state index is -4.67. The van der Waals surface area contributed by atoms with Crippen molar-refractivity contribution >= 4 is 55.4 Å². The van der Waals surface area contributed by atoms with Crippen LogP contribution in [0.3, 0.4) is 0 Å². The number of nitrogens with zero attached hydrogens (tertiary/aromatic N) is 1. The Morgan fingerprint density at radius 2 is 1.72 bits per heavy atom. The van der Waals surface area contributed by atoms with Crippen molar-refractivity contribution in [2.24, 2.45) is 0 Å². The summed E-state index contributed by atoms with van der Waals surface area (Å²) < 4.78 is 42.3. The first-order valence-corrected chi connectivity index (χ1v) is 11.9. The van der Waals surface area contributed by atoms with Crippen molar-refractivity contribution in [1.82, 2.24) is 4.98 Å². The van der Waals surface area contributed by atoms with Gasteiger partial charge in [0.05, 0.1) is 16.8 Å². The molecule has 0 atom stereocenters. The van der Waals surface area contributed by atoms with Gasteiger partial charge in [0, 0.05) is 21.4 Å². The summed E-state index contributed by atoms with van der Waals surface area (Å²) in [4.78, 5) is 31.9. The maximum Gasteiger partial charge on any atom is 0.417 e. The third-order valence-electron chi connectivity index (χ3n) is 5.81. The number of carbonyl (C=O) groups is 2. The second-order valence-corrected chi connectivity index (χ2v) is 11.2. The topological polar surface area (TPSA) is 71.1 Å². The third kappa shape index (κ3) is 3.31. The zero-order valence-corrected chi connectivity index (χ0v) is 19.3. The molecule has 2 N–H and O–H groups in total. The number of fused-ring (bicyclic) bond motifs is 6. The van der Waals surface area contributed by atoms with Crippen molar-refractivity contribution in [3.63, 3.8) is 0 Å². The standard InChI is InChI=1S/C22H20F3N3O2S2/c1-21(2,3)12-8-10(22(23,24)25)14-15-16(32-20(14)26-12)18(30)28-19-13(17(29)27-15)9-6-4-5-7-11(9)31-19/h8H,4-7H2,1-3H3,(H,27,29)(H,28,30). The number of anilines is 2. The lowest BCUT2D eigenvalue weighted by atomic mass is 9.90. The molecule has 0 spiro atoms. The molecule has 0 radical (unpaired) electrons. The van der Waals surface area contributed by atoms with Crippen molar-refractivity contribution in [3.05, 3.63) is 38.2 Å². The number of carbonyl (C=O) groups excluding carboxylic acids is 2. The van der Waals surface area contributed by atoms with E-state index < -0.39 is 29.0 Å². The zero-order valence-electron chi connectivity index (χ0n) is 17.6. The largest absolute Gasteiger partial charge is 0.417 e. The van der Waals surface area contributed by atoms with Gasteiger partial charge < -0.3 is 10.6 Å². The summed E-state index contributed by atoms with van der Waals surface area (Å²) in [6.07, 6.45) is -1.19.